The molecule has 2 nitrogen and oxygen atoms in total. The van der Waals surface area contributed by atoms with E-state index in [0.717, 1.165) is 0 Å². The molecular formula is C18H13F13N2. The van der Waals surface area contributed by atoms with E-state index in [0.29, 0.717) is 5.56 Å². The van der Waals surface area contributed by atoms with Gasteiger partial charge in [-0.05, 0) is 18.6 Å². The standard InChI is InChI=1S/C18H13F13N2/c1-9-2-4-10(5-3-9)11-8-12(33-7-6-32-11)13(19,20)14(21,22)15(23,24)16(25,26)17(27,28)18(29,30)31/h2-5,8,33H,6-7H2,1H3. The van der Waals surface area contributed by atoms with Gasteiger partial charge in [0, 0.05) is 6.54 Å². The Morgan fingerprint density at radius 2 is 1.18 bits per heavy atom. The highest BCUT2D eigenvalue weighted by Crippen LogP contribution is 2.61. The molecule has 0 fully saturated rings. The molecule has 1 aromatic carbocycles. The van der Waals surface area contributed by atoms with Crippen LogP contribution in [0.1, 0.15) is 11.1 Å². The minimum Gasteiger partial charge on any atom is -0.381 e. The number of nitrogens with one attached hydrogen (secondary N) is 1. The third kappa shape index (κ3) is 4.14. The lowest BCUT2D eigenvalue weighted by molar-refractivity contribution is -0.437. The Morgan fingerprint density at radius 1 is 0.697 bits per heavy atom. The van der Waals surface area contributed by atoms with Gasteiger partial charge in [-0.2, -0.15) is 57.1 Å². The molecule has 2 rings (SSSR count). The number of aliphatic imine (C=N–C) groups is 1. The van der Waals surface area contributed by atoms with Gasteiger partial charge in [-0.25, -0.2) is 0 Å². The van der Waals surface area contributed by atoms with E-state index in [4.69, 9.17) is 0 Å². The maximum atomic E-state index is 14.5. The molecule has 1 aliphatic heterocycles. The van der Waals surface area contributed by atoms with Crippen molar-refractivity contribution in [2.45, 2.75) is 42.7 Å². The van der Waals surface area contributed by atoms with Gasteiger partial charge in [-0.15, -0.1) is 0 Å². The van der Waals surface area contributed by atoms with Gasteiger partial charge in [0.25, 0.3) is 0 Å². The van der Waals surface area contributed by atoms with Crippen LogP contribution in [0.25, 0.3) is 0 Å². The molecule has 33 heavy (non-hydrogen) atoms. The Balaban J connectivity index is 2.58. The van der Waals surface area contributed by atoms with Crippen LogP contribution in [0.5, 0.6) is 0 Å². The van der Waals surface area contributed by atoms with Crippen LogP contribution >= 0.6 is 0 Å². The highest BCUT2D eigenvalue weighted by molar-refractivity contribution is 6.09. The van der Waals surface area contributed by atoms with Gasteiger partial charge in [-0.3, -0.25) is 4.99 Å². The zero-order chi connectivity index (χ0) is 25.7. The van der Waals surface area contributed by atoms with Crippen LogP contribution in [0.15, 0.2) is 41.0 Å². The van der Waals surface area contributed by atoms with Crippen molar-refractivity contribution in [3.8, 4) is 0 Å². The summed E-state index contributed by atoms with van der Waals surface area (Å²) < 4.78 is 174. The number of aryl methyl sites for hydroxylation is 1. The van der Waals surface area contributed by atoms with Gasteiger partial charge in [0.2, 0.25) is 0 Å². The third-order valence-electron chi connectivity index (χ3n) is 4.61. The summed E-state index contributed by atoms with van der Waals surface area (Å²) in [6, 6.07) is 5.42. The molecule has 0 spiro atoms. The first-order chi connectivity index (χ1) is 14.7. The summed E-state index contributed by atoms with van der Waals surface area (Å²) in [6.07, 6.45) is -7.35. The molecule has 0 aromatic heterocycles. The molecule has 15 heteroatoms. The lowest BCUT2D eigenvalue weighted by Crippen LogP contribution is -2.70. The second-order valence-corrected chi connectivity index (χ2v) is 6.99. The van der Waals surface area contributed by atoms with Crippen molar-refractivity contribution in [3.05, 3.63) is 47.2 Å². The molecule has 1 heterocycles. The Bertz CT molecular complexity index is 928. The van der Waals surface area contributed by atoms with Crippen molar-refractivity contribution in [1.82, 2.24) is 5.32 Å². The van der Waals surface area contributed by atoms with Crippen molar-refractivity contribution in [2.24, 2.45) is 4.99 Å². The number of benzene rings is 1. The van der Waals surface area contributed by atoms with Gasteiger partial charge >= 0.3 is 35.8 Å². The van der Waals surface area contributed by atoms with Crippen LogP contribution < -0.4 is 5.32 Å². The molecule has 0 saturated carbocycles. The minimum atomic E-state index is -7.94. The maximum Gasteiger partial charge on any atom is 0.460 e. The summed E-state index contributed by atoms with van der Waals surface area (Å²) in [5.74, 6) is -37.3. The fourth-order valence-electron chi connectivity index (χ4n) is 2.64. The maximum absolute atomic E-state index is 14.5. The minimum absolute atomic E-state index is 0.0154. The third-order valence-corrected chi connectivity index (χ3v) is 4.61. The molecule has 1 aliphatic rings. The van der Waals surface area contributed by atoms with Crippen LogP contribution in [0.4, 0.5) is 57.1 Å². The van der Waals surface area contributed by atoms with E-state index >= 15 is 0 Å². The second-order valence-electron chi connectivity index (χ2n) is 6.99. The lowest BCUT2D eigenvalue weighted by atomic mass is 9.92. The average Bonchev–Trinajstić information content (AvgIpc) is 2.94. The Morgan fingerprint density at radius 3 is 1.67 bits per heavy atom. The highest BCUT2D eigenvalue weighted by Gasteiger charge is 2.91. The molecule has 1 N–H and O–H groups in total. The van der Waals surface area contributed by atoms with Gasteiger partial charge in [0.05, 0.1) is 18.0 Å². The van der Waals surface area contributed by atoms with Gasteiger partial charge in [0.15, 0.2) is 0 Å². The first kappa shape index (κ1) is 26.8. The number of nitrogens with zero attached hydrogens (tertiary/aromatic N) is 1. The molecule has 0 unspecified atom stereocenters. The van der Waals surface area contributed by atoms with Crippen LogP contribution in [0.3, 0.4) is 0 Å². The predicted molar refractivity (Wildman–Crippen MR) is 89.5 cm³/mol. The fraction of sp³-hybridized carbons (Fsp3) is 0.500. The summed E-state index contributed by atoms with van der Waals surface area (Å²) >= 11 is 0. The van der Waals surface area contributed by atoms with E-state index in [-0.39, 0.29) is 18.2 Å². The summed E-state index contributed by atoms with van der Waals surface area (Å²) in [4.78, 5) is 3.75. The summed E-state index contributed by atoms with van der Waals surface area (Å²) in [5.41, 5.74) is -1.93. The molecule has 0 aliphatic carbocycles. The first-order valence-corrected chi connectivity index (χ1v) is 8.75. The fourth-order valence-corrected chi connectivity index (χ4v) is 2.64. The van der Waals surface area contributed by atoms with Crippen LogP contribution in [-0.2, 0) is 0 Å². The van der Waals surface area contributed by atoms with E-state index in [2.05, 4.69) is 4.99 Å². The largest absolute Gasteiger partial charge is 0.460 e. The SMILES string of the molecule is Cc1ccc(C2=NCCNC(C(F)(F)C(F)(F)C(F)(F)C(F)(F)C(F)(F)C(F)(F)F)=C2)cc1. The Labute approximate surface area is 177 Å². The molecular weight excluding hydrogens is 491 g/mol. The second kappa shape index (κ2) is 8.08. The van der Waals surface area contributed by atoms with Crippen LogP contribution in [0, 0.1) is 6.92 Å². The average molecular weight is 504 g/mol. The Hall–Kier alpha value is -2.48. The topological polar surface area (TPSA) is 24.4 Å². The van der Waals surface area contributed by atoms with E-state index < -0.39 is 53.7 Å². The van der Waals surface area contributed by atoms with Crippen LogP contribution in [-0.4, -0.2) is 54.6 Å². The number of hydrogen-bond donors (Lipinski definition) is 1. The van der Waals surface area contributed by atoms with E-state index in [1.807, 2.05) is 0 Å². The quantitative estimate of drug-likeness (QED) is 0.472. The Kier molecular flexibility index (Phi) is 6.55. The van der Waals surface area contributed by atoms with E-state index in [1.54, 1.807) is 12.2 Å². The molecule has 0 atom stereocenters. The normalized spacial score (nSPS) is 17.2. The number of halogens is 13. The van der Waals surface area contributed by atoms with Crippen LogP contribution in [0.2, 0.25) is 0 Å². The van der Waals surface area contributed by atoms with Gasteiger partial charge < -0.3 is 5.32 Å². The van der Waals surface area contributed by atoms with Crippen molar-refractivity contribution in [3.63, 3.8) is 0 Å². The van der Waals surface area contributed by atoms with E-state index in [9.17, 15) is 57.1 Å². The van der Waals surface area contributed by atoms with Crippen molar-refractivity contribution >= 4 is 5.71 Å². The summed E-state index contributed by atoms with van der Waals surface area (Å²) in [7, 11) is 0. The van der Waals surface area contributed by atoms with Crippen molar-refractivity contribution < 1.29 is 57.1 Å². The van der Waals surface area contributed by atoms with Gasteiger partial charge in [-0.1, -0.05) is 29.8 Å². The van der Waals surface area contributed by atoms with Gasteiger partial charge in [0.1, 0.15) is 0 Å². The number of alkyl halides is 13. The first-order valence-electron chi connectivity index (χ1n) is 8.75. The lowest BCUT2D eigenvalue weighted by Gasteiger charge is -2.40. The number of hydrogen-bond acceptors (Lipinski definition) is 2. The molecule has 0 saturated heterocycles. The van der Waals surface area contributed by atoms with E-state index in [1.165, 1.54) is 24.3 Å². The number of rotatable bonds is 6. The molecule has 0 bridgehead atoms. The predicted octanol–water partition coefficient (Wildman–Crippen LogP) is 6.01. The van der Waals surface area contributed by atoms with Crippen molar-refractivity contribution in [2.75, 3.05) is 13.1 Å². The smallest absolute Gasteiger partial charge is 0.381 e. The zero-order valence-corrected chi connectivity index (χ0v) is 16.2. The molecule has 0 radical (unpaired) electrons. The monoisotopic (exact) mass is 504 g/mol. The summed E-state index contributed by atoms with van der Waals surface area (Å²) in [6.45, 7) is 0.534. The molecule has 186 valence electrons. The highest BCUT2D eigenvalue weighted by atomic mass is 19.4. The zero-order valence-electron chi connectivity index (χ0n) is 16.2. The molecule has 1 aromatic rings. The molecule has 0 amide bonds. The van der Waals surface area contributed by atoms with Crippen molar-refractivity contribution in [1.29, 1.82) is 0 Å². The number of allylic oxidation sites excluding steroid dienone is 2. The summed E-state index contributed by atoms with van der Waals surface area (Å²) in [5, 5.41) is 1.56.